The molecular formula is C23H27N3O2S. The third-order valence-corrected chi connectivity index (χ3v) is 5.77. The average Bonchev–Trinajstić information content (AvgIpc) is 3.08. The molecule has 0 aromatic heterocycles. The third kappa shape index (κ3) is 5.70. The fraction of sp³-hybridized carbons (Fsp3) is 0.348. The minimum absolute atomic E-state index is 0.0558. The van der Waals surface area contributed by atoms with Crippen LogP contribution in [0.15, 0.2) is 53.5 Å². The first kappa shape index (κ1) is 21.1. The lowest BCUT2D eigenvalue weighted by Gasteiger charge is -2.18. The van der Waals surface area contributed by atoms with Crippen molar-refractivity contribution in [3.8, 4) is 0 Å². The summed E-state index contributed by atoms with van der Waals surface area (Å²) >= 11 is 1.30. The maximum absolute atomic E-state index is 12.2. The van der Waals surface area contributed by atoms with Crippen LogP contribution in [0.4, 0.5) is 5.69 Å². The van der Waals surface area contributed by atoms with Crippen LogP contribution in [-0.4, -0.2) is 35.8 Å². The smallest absolute Gasteiger partial charge is 0.254 e. The van der Waals surface area contributed by atoms with Crippen LogP contribution in [0, 0.1) is 6.92 Å². The number of hydrogen-bond donors (Lipinski definition) is 1. The van der Waals surface area contributed by atoms with E-state index >= 15 is 0 Å². The zero-order valence-corrected chi connectivity index (χ0v) is 18.0. The van der Waals surface area contributed by atoms with E-state index in [2.05, 4.69) is 48.4 Å². The minimum atomic E-state index is -0.0680. The summed E-state index contributed by atoms with van der Waals surface area (Å²) in [6.45, 7) is 7.07. The molecule has 2 amide bonds. The molecule has 1 N–H and O–H groups in total. The first-order valence-electron chi connectivity index (χ1n) is 9.86. The molecule has 0 unspecified atom stereocenters. The molecule has 3 rings (SSSR count). The van der Waals surface area contributed by atoms with E-state index in [0.717, 1.165) is 17.7 Å². The summed E-state index contributed by atoms with van der Waals surface area (Å²) in [7, 11) is 0. The second kappa shape index (κ2) is 9.74. The van der Waals surface area contributed by atoms with Crippen LogP contribution >= 0.6 is 11.8 Å². The highest BCUT2D eigenvalue weighted by Crippen LogP contribution is 2.24. The lowest BCUT2D eigenvalue weighted by atomic mass is 10.0. The van der Waals surface area contributed by atoms with Crippen molar-refractivity contribution in [2.75, 3.05) is 23.7 Å². The Morgan fingerprint density at radius 1 is 1.14 bits per heavy atom. The van der Waals surface area contributed by atoms with Crippen molar-refractivity contribution in [2.24, 2.45) is 4.99 Å². The van der Waals surface area contributed by atoms with Gasteiger partial charge in [0, 0.05) is 6.54 Å². The number of carbonyl (C=O) groups excluding carboxylic acids is 2. The summed E-state index contributed by atoms with van der Waals surface area (Å²) in [6.07, 6.45) is 0.795. The van der Waals surface area contributed by atoms with Crippen molar-refractivity contribution >= 4 is 34.4 Å². The van der Waals surface area contributed by atoms with Crippen molar-refractivity contribution in [3.05, 3.63) is 65.2 Å². The number of anilines is 1. The normalized spacial score (nSPS) is 13.7. The Morgan fingerprint density at radius 2 is 1.83 bits per heavy atom. The van der Waals surface area contributed by atoms with E-state index in [1.165, 1.54) is 22.9 Å². The van der Waals surface area contributed by atoms with Gasteiger partial charge in [0.15, 0.2) is 5.17 Å². The lowest BCUT2D eigenvalue weighted by molar-refractivity contribution is -0.118. The first-order valence-corrected chi connectivity index (χ1v) is 10.8. The predicted octanol–water partition coefficient (Wildman–Crippen LogP) is 3.91. The van der Waals surface area contributed by atoms with E-state index in [0.29, 0.717) is 17.6 Å². The highest BCUT2D eigenvalue weighted by molar-refractivity contribution is 8.14. The van der Waals surface area contributed by atoms with Crippen LogP contribution in [-0.2, 0) is 16.0 Å². The Bertz CT molecular complexity index is 889. The predicted molar refractivity (Wildman–Crippen MR) is 121 cm³/mol. The second-order valence-electron chi connectivity index (χ2n) is 7.45. The Balaban J connectivity index is 1.46. The number of benzene rings is 2. The number of rotatable bonds is 7. The highest BCUT2D eigenvalue weighted by atomic mass is 32.2. The first-order chi connectivity index (χ1) is 13.9. The van der Waals surface area contributed by atoms with Crippen LogP contribution in [0.3, 0.4) is 0 Å². The third-order valence-electron chi connectivity index (χ3n) is 4.80. The molecule has 1 aliphatic rings. The molecule has 0 fully saturated rings. The van der Waals surface area contributed by atoms with E-state index < -0.39 is 0 Å². The zero-order chi connectivity index (χ0) is 20.8. The fourth-order valence-corrected chi connectivity index (χ4v) is 3.89. The summed E-state index contributed by atoms with van der Waals surface area (Å²) in [4.78, 5) is 30.3. The van der Waals surface area contributed by atoms with Gasteiger partial charge >= 0.3 is 0 Å². The number of aryl methyl sites for hydroxylation is 1. The quantitative estimate of drug-likeness (QED) is 0.754. The molecule has 29 heavy (non-hydrogen) atoms. The summed E-state index contributed by atoms with van der Waals surface area (Å²) in [6, 6.07) is 16.3. The van der Waals surface area contributed by atoms with Gasteiger partial charge in [0.05, 0.1) is 11.4 Å². The van der Waals surface area contributed by atoms with Gasteiger partial charge in [-0.15, -0.1) is 0 Å². The minimum Gasteiger partial charge on any atom is -0.355 e. The molecule has 1 heterocycles. The second-order valence-corrected chi connectivity index (χ2v) is 8.39. The summed E-state index contributed by atoms with van der Waals surface area (Å²) in [5.41, 5.74) is 4.44. The van der Waals surface area contributed by atoms with Crippen molar-refractivity contribution in [1.29, 1.82) is 0 Å². The molecule has 1 aliphatic heterocycles. The summed E-state index contributed by atoms with van der Waals surface area (Å²) < 4.78 is 0. The molecule has 0 radical (unpaired) electrons. The molecule has 0 bridgehead atoms. The van der Waals surface area contributed by atoms with Crippen molar-refractivity contribution in [1.82, 2.24) is 5.32 Å². The zero-order valence-electron chi connectivity index (χ0n) is 17.1. The molecule has 2 aromatic rings. The Morgan fingerprint density at radius 3 is 2.48 bits per heavy atom. The molecule has 0 saturated carbocycles. The lowest BCUT2D eigenvalue weighted by Crippen LogP contribution is -2.33. The molecule has 0 spiro atoms. The Labute approximate surface area is 176 Å². The van der Waals surface area contributed by atoms with Gasteiger partial charge in [0.25, 0.3) is 5.91 Å². The monoisotopic (exact) mass is 409 g/mol. The van der Waals surface area contributed by atoms with Gasteiger partial charge in [-0.05, 0) is 42.5 Å². The van der Waals surface area contributed by atoms with Crippen LogP contribution < -0.4 is 10.2 Å². The maximum Gasteiger partial charge on any atom is 0.254 e. The van der Waals surface area contributed by atoms with E-state index in [1.54, 1.807) is 4.90 Å². The van der Waals surface area contributed by atoms with Crippen LogP contribution in [0.2, 0.25) is 0 Å². The van der Waals surface area contributed by atoms with Gasteiger partial charge in [0.2, 0.25) is 5.91 Å². The number of nitrogens with one attached hydrogen (secondary N) is 1. The SMILES string of the molecule is Cc1ccc(N2C(=O)CN=C2SCC(=O)NCCc2ccc(C(C)C)cc2)cc1. The van der Waals surface area contributed by atoms with E-state index in [1.807, 2.05) is 31.2 Å². The van der Waals surface area contributed by atoms with Crippen molar-refractivity contribution < 1.29 is 9.59 Å². The number of aliphatic imine (C=N–C) groups is 1. The summed E-state index contributed by atoms with van der Waals surface area (Å²) in [5, 5.41) is 3.53. The molecule has 0 saturated heterocycles. The highest BCUT2D eigenvalue weighted by Gasteiger charge is 2.27. The molecule has 2 aromatic carbocycles. The maximum atomic E-state index is 12.2. The van der Waals surface area contributed by atoms with Gasteiger partial charge in [-0.1, -0.05) is 67.6 Å². The van der Waals surface area contributed by atoms with E-state index in [4.69, 9.17) is 0 Å². The van der Waals surface area contributed by atoms with Crippen LogP contribution in [0.5, 0.6) is 0 Å². The van der Waals surface area contributed by atoms with Crippen molar-refractivity contribution in [2.45, 2.75) is 33.1 Å². The Hall–Kier alpha value is -2.60. The molecule has 5 nitrogen and oxygen atoms in total. The van der Waals surface area contributed by atoms with Crippen molar-refractivity contribution in [3.63, 3.8) is 0 Å². The number of thioether (sulfide) groups is 1. The number of amides is 2. The topological polar surface area (TPSA) is 61.8 Å². The molecule has 152 valence electrons. The number of amidine groups is 1. The number of carbonyl (C=O) groups is 2. The van der Waals surface area contributed by atoms with Gasteiger partial charge in [-0.25, -0.2) is 0 Å². The summed E-state index contributed by atoms with van der Waals surface area (Å²) in [5.74, 6) is 0.632. The van der Waals surface area contributed by atoms with Gasteiger partial charge < -0.3 is 5.32 Å². The average molecular weight is 410 g/mol. The fourth-order valence-electron chi connectivity index (χ4n) is 3.04. The number of hydrogen-bond acceptors (Lipinski definition) is 4. The Kier molecular flexibility index (Phi) is 7.09. The van der Waals surface area contributed by atoms with E-state index in [-0.39, 0.29) is 24.1 Å². The molecular weight excluding hydrogens is 382 g/mol. The molecule has 6 heteroatoms. The standard InChI is InChI=1S/C23H27N3O2S/c1-16(2)19-8-6-18(7-9-19)12-13-24-21(27)15-29-23-25-14-22(28)26(23)20-10-4-17(3)5-11-20/h4-11,16H,12-15H2,1-3H3,(H,24,27). The van der Waals surface area contributed by atoms with Crippen LogP contribution in [0.1, 0.15) is 36.5 Å². The number of nitrogens with zero attached hydrogens (tertiary/aromatic N) is 2. The van der Waals surface area contributed by atoms with E-state index in [9.17, 15) is 9.59 Å². The molecule has 0 aliphatic carbocycles. The van der Waals surface area contributed by atoms with Gasteiger partial charge in [0.1, 0.15) is 6.54 Å². The van der Waals surface area contributed by atoms with Gasteiger partial charge in [-0.2, -0.15) is 0 Å². The largest absolute Gasteiger partial charge is 0.355 e. The van der Waals surface area contributed by atoms with Gasteiger partial charge in [-0.3, -0.25) is 19.5 Å². The van der Waals surface area contributed by atoms with Crippen LogP contribution in [0.25, 0.3) is 0 Å². The molecule has 0 atom stereocenters.